The molecule has 0 saturated heterocycles. The van der Waals surface area contributed by atoms with Gasteiger partial charge in [0.25, 0.3) is 0 Å². The Hall–Kier alpha value is 0.280. The second kappa shape index (κ2) is 5.11. The molecule has 0 unspecified atom stereocenters. The average Bonchev–Trinajstić information content (AvgIpc) is 2.03. The Labute approximate surface area is 79.3 Å². The fourth-order valence-electron chi connectivity index (χ4n) is 1.62. The summed E-state index contributed by atoms with van der Waals surface area (Å²) in [6.07, 6.45) is 3.35. The van der Waals surface area contributed by atoms with Crippen molar-refractivity contribution in [1.82, 2.24) is 0 Å². The van der Waals surface area contributed by atoms with Gasteiger partial charge in [0.2, 0.25) is 0 Å². The lowest BCUT2D eigenvalue weighted by Gasteiger charge is -2.24. The SMILES string of the molecule is CC(C)SCC1CCC(F)CC1. The van der Waals surface area contributed by atoms with E-state index < -0.39 is 6.17 Å². The van der Waals surface area contributed by atoms with Crippen LogP contribution < -0.4 is 0 Å². The lowest BCUT2D eigenvalue weighted by atomic mass is 9.90. The summed E-state index contributed by atoms with van der Waals surface area (Å²) in [5, 5.41) is 0.730. The number of hydrogen-bond acceptors (Lipinski definition) is 1. The van der Waals surface area contributed by atoms with Crippen LogP contribution in [-0.2, 0) is 0 Å². The molecule has 1 saturated carbocycles. The Bertz CT molecular complexity index is 117. The van der Waals surface area contributed by atoms with Gasteiger partial charge in [0, 0.05) is 0 Å². The molecule has 0 nitrogen and oxygen atoms in total. The topological polar surface area (TPSA) is 0 Å². The van der Waals surface area contributed by atoms with Gasteiger partial charge in [-0.3, -0.25) is 0 Å². The molecule has 72 valence electrons. The smallest absolute Gasteiger partial charge is 0.100 e. The monoisotopic (exact) mass is 190 g/mol. The molecule has 0 aromatic carbocycles. The van der Waals surface area contributed by atoms with Crippen LogP contribution in [0.1, 0.15) is 39.5 Å². The van der Waals surface area contributed by atoms with Crippen LogP contribution >= 0.6 is 11.8 Å². The first-order valence-corrected chi connectivity index (χ1v) is 5.99. The molecule has 2 heteroatoms. The summed E-state index contributed by atoms with van der Waals surface area (Å²) in [5.74, 6) is 2.04. The fraction of sp³-hybridized carbons (Fsp3) is 1.00. The van der Waals surface area contributed by atoms with Crippen molar-refractivity contribution in [2.45, 2.75) is 51.0 Å². The van der Waals surface area contributed by atoms with Crippen LogP contribution in [-0.4, -0.2) is 17.2 Å². The highest BCUT2D eigenvalue weighted by atomic mass is 32.2. The van der Waals surface area contributed by atoms with Gasteiger partial charge in [-0.05, 0) is 42.6 Å². The van der Waals surface area contributed by atoms with E-state index in [2.05, 4.69) is 13.8 Å². The maximum atomic E-state index is 12.7. The van der Waals surface area contributed by atoms with Crippen LogP contribution in [0.3, 0.4) is 0 Å². The van der Waals surface area contributed by atoms with Crippen LogP contribution in [0.2, 0.25) is 0 Å². The molecule has 1 rings (SSSR count). The molecule has 0 spiro atoms. The first kappa shape index (κ1) is 10.4. The zero-order chi connectivity index (χ0) is 8.97. The minimum absolute atomic E-state index is 0.495. The van der Waals surface area contributed by atoms with Crippen molar-refractivity contribution in [1.29, 1.82) is 0 Å². The predicted molar refractivity (Wildman–Crippen MR) is 54.4 cm³/mol. The van der Waals surface area contributed by atoms with E-state index in [0.717, 1.165) is 36.9 Å². The van der Waals surface area contributed by atoms with Gasteiger partial charge in [-0.1, -0.05) is 13.8 Å². The van der Waals surface area contributed by atoms with E-state index in [-0.39, 0.29) is 0 Å². The zero-order valence-electron chi connectivity index (χ0n) is 8.05. The summed E-state index contributed by atoms with van der Waals surface area (Å²) in [5.41, 5.74) is 0. The van der Waals surface area contributed by atoms with Gasteiger partial charge in [-0.15, -0.1) is 0 Å². The van der Waals surface area contributed by atoms with Gasteiger partial charge in [-0.2, -0.15) is 11.8 Å². The molecular formula is C10H19FS. The largest absolute Gasteiger partial charge is 0.247 e. The van der Waals surface area contributed by atoms with E-state index in [1.807, 2.05) is 11.8 Å². The highest BCUT2D eigenvalue weighted by molar-refractivity contribution is 7.99. The van der Waals surface area contributed by atoms with E-state index in [9.17, 15) is 4.39 Å². The van der Waals surface area contributed by atoms with Crippen molar-refractivity contribution in [3.63, 3.8) is 0 Å². The van der Waals surface area contributed by atoms with E-state index in [1.165, 1.54) is 5.75 Å². The summed E-state index contributed by atoms with van der Waals surface area (Å²) < 4.78 is 12.7. The van der Waals surface area contributed by atoms with Gasteiger partial charge < -0.3 is 0 Å². The molecule has 0 amide bonds. The third-order valence-corrected chi connectivity index (χ3v) is 3.77. The molecule has 12 heavy (non-hydrogen) atoms. The van der Waals surface area contributed by atoms with Crippen molar-refractivity contribution in [2.75, 3.05) is 5.75 Å². The Morgan fingerprint density at radius 1 is 1.25 bits per heavy atom. The third-order valence-electron chi connectivity index (χ3n) is 2.44. The van der Waals surface area contributed by atoms with Crippen molar-refractivity contribution < 1.29 is 4.39 Å². The Morgan fingerprint density at radius 3 is 2.33 bits per heavy atom. The minimum Gasteiger partial charge on any atom is -0.247 e. The fourth-order valence-corrected chi connectivity index (χ4v) is 2.61. The molecule has 0 aromatic rings. The number of rotatable bonds is 3. The second-order valence-corrected chi connectivity index (χ2v) is 5.61. The summed E-state index contributed by atoms with van der Waals surface area (Å²) >= 11 is 2.02. The standard InChI is InChI=1S/C10H19FS/c1-8(2)12-7-9-3-5-10(11)6-4-9/h8-10H,3-7H2,1-2H3. The highest BCUT2D eigenvalue weighted by Crippen LogP contribution is 2.29. The van der Waals surface area contributed by atoms with Gasteiger partial charge in [0.1, 0.15) is 6.17 Å². The Kier molecular flexibility index (Phi) is 4.41. The number of alkyl halides is 1. The van der Waals surface area contributed by atoms with Crippen LogP contribution in [0.5, 0.6) is 0 Å². The second-order valence-electron chi connectivity index (χ2n) is 4.00. The molecule has 1 aliphatic carbocycles. The number of thioether (sulfide) groups is 1. The van der Waals surface area contributed by atoms with Crippen molar-refractivity contribution in [3.8, 4) is 0 Å². The molecule has 0 heterocycles. The molecule has 0 N–H and O–H groups in total. The predicted octanol–water partition coefficient (Wildman–Crippen LogP) is 3.66. The maximum Gasteiger partial charge on any atom is 0.100 e. The third kappa shape index (κ3) is 3.79. The van der Waals surface area contributed by atoms with Gasteiger partial charge in [-0.25, -0.2) is 4.39 Å². The first-order valence-electron chi connectivity index (χ1n) is 4.94. The van der Waals surface area contributed by atoms with Crippen molar-refractivity contribution >= 4 is 11.8 Å². The zero-order valence-corrected chi connectivity index (χ0v) is 8.87. The summed E-state index contributed by atoms with van der Waals surface area (Å²) in [7, 11) is 0. The molecular weight excluding hydrogens is 171 g/mol. The quantitative estimate of drug-likeness (QED) is 0.654. The molecule has 0 atom stereocenters. The van der Waals surface area contributed by atoms with Crippen molar-refractivity contribution in [3.05, 3.63) is 0 Å². The lowest BCUT2D eigenvalue weighted by molar-refractivity contribution is 0.217. The molecule has 0 bridgehead atoms. The van der Waals surface area contributed by atoms with E-state index in [1.54, 1.807) is 0 Å². The number of halogens is 1. The van der Waals surface area contributed by atoms with Gasteiger partial charge in [0.15, 0.2) is 0 Å². The van der Waals surface area contributed by atoms with Crippen LogP contribution in [0, 0.1) is 5.92 Å². The minimum atomic E-state index is -0.495. The lowest BCUT2D eigenvalue weighted by Crippen LogP contribution is -2.17. The van der Waals surface area contributed by atoms with Crippen LogP contribution in [0.15, 0.2) is 0 Å². The van der Waals surface area contributed by atoms with Gasteiger partial charge in [0.05, 0.1) is 0 Å². The van der Waals surface area contributed by atoms with Crippen LogP contribution in [0.25, 0.3) is 0 Å². The summed E-state index contributed by atoms with van der Waals surface area (Å²) in [6, 6.07) is 0. The molecule has 0 aliphatic heterocycles. The number of hydrogen-bond donors (Lipinski definition) is 0. The van der Waals surface area contributed by atoms with E-state index in [0.29, 0.717) is 0 Å². The molecule has 0 radical (unpaired) electrons. The highest BCUT2D eigenvalue weighted by Gasteiger charge is 2.20. The van der Waals surface area contributed by atoms with E-state index >= 15 is 0 Å². The Morgan fingerprint density at radius 2 is 1.83 bits per heavy atom. The normalized spacial score (nSPS) is 31.0. The average molecular weight is 190 g/mol. The summed E-state index contributed by atoms with van der Waals surface area (Å²) in [6.45, 7) is 4.46. The van der Waals surface area contributed by atoms with Crippen molar-refractivity contribution in [2.24, 2.45) is 5.92 Å². The first-order chi connectivity index (χ1) is 5.68. The van der Waals surface area contributed by atoms with Crippen LogP contribution in [0.4, 0.5) is 4.39 Å². The molecule has 0 aromatic heterocycles. The van der Waals surface area contributed by atoms with E-state index in [4.69, 9.17) is 0 Å². The maximum absolute atomic E-state index is 12.7. The summed E-state index contributed by atoms with van der Waals surface area (Å²) in [4.78, 5) is 0. The molecule has 1 fully saturated rings. The molecule has 1 aliphatic rings. The Balaban J connectivity index is 2.09. The van der Waals surface area contributed by atoms with Gasteiger partial charge >= 0.3 is 0 Å².